The third kappa shape index (κ3) is 4.45. The molecule has 0 radical (unpaired) electrons. The molecule has 184 valence electrons. The molecule has 36 heavy (non-hydrogen) atoms. The number of amides is 1. The fraction of sp³-hybridized carbons (Fsp3) is 0.276. The zero-order chi connectivity index (χ0) is 25.4. The lowest BCUT2D eigenvalue weighted by Gasteiger charge is -2.34. The number of hydrogen-bond acceptors (Lipinski definition) is 3. The zero-order valence-corrected chi connectivity index (χ0v) is 20.0. The van der Waals surface area contributed by atoms with E-state index in [9.17, 15) is 13.6 Å². The summed E-state index contributed by atoms with van der Waals surface area (Å²) in [5, 5.41) is 0. The summed E-state index contributed by atoms with van der Waals surface area (Å²) in [5.41, 5.74) is 2.90. The Morgan fingerprint density at radius 3 is 2.33 bits per heavy atom. The van der Waals surface area contributed by atoms with Gasteiger partial charge in [0.05, 0.1) is 12.6 Å². The molecule has 0 aliphatic carbocycles. The molecule has 2 aliphatic heterocycles. The van der Waals surface area contributed by atoms with Gasteiger partial charge in [0.25, 0.3) is 5.91 Å². The fourth-order valence-electron chi connectivity index (χ4n) is 5.00. The first-order chi connectivity index (χ1) is 17.4. The summed E-state index contributed by atoms with van der Waals surface area (Å²) in [6, 6.07) is 13.1. The van der Waals surface area contributed by atoms with Crippen LogP contribution < -0.4 is 4.90 Å². The van der Waals surface area contributed by atoms with Gasteiger partial charge in [0, 0.05) is 55.0 Å². The van der Waals surface area contributed by atoms with Crippen molar-refractivity contribution in [3.05, 3.63) is 88.7 Å². The summed E-state index contributed by atoms with van der Waals surface area (Å²) in [6.07, 6.45) is 5.47. The smallest absolute Gasteiger partial charge is 0.255 e. The van der Waals surface area contributed by atoms with Crippen LogP contribution in [-0.2, 0) is 6.54 Å². The van der Waals surface area contributed by atoms with Crippen molar-refractivity contribution in [2.24, 2.45) is 0 Å². The van der Waals surface area contributed by atoms with Crippen LogP contribution in [0.25, 0.3) is 11.1 Å². The second-order valence-electron chi connectivity index (χ2n) is 9.34. The van der Waals surface area contributed by atoms with Gasteiger partial charge in [-0.25, -0.2) is 13.2 Å². The number of rotatable bonds is 5. The van der Waals surface area contributed by atoms with E-state index in [-0.39, 0.29) is 29.7 Å². The van der Waals surface area contributed by atoms with Gasteiger partial charge >= 0.3 is 0 Å². The number of benzene rings is 3. The van der Waals surface area contributed by atoms with Gasteiger partial charge < -0.3 is 14.7 Å². The lowest BCUT2D eigenvalue weighted by Crippen LogP contribution is -2.44. The maximum atomic E-state index is 15.2. The molecule has 2 heterocycles. The van der Waals surface area contributed by atoms with Crippen molar-refractivity contribution in [1.29, 1.82) is 0 Å². The van der Waals surface area contributed by atoms with Crippen molar-refractivity contribution in [1.82, 2.24) is 9.80 Å². The van der Waals surface area contributed by atoms with E-state index >= 15 is 4.39 Å². The van der Waals surface area contributed by atoms with Crippen molar-refractivity contribution in [3.8, 4) is 23.5 Å². The van der Waals surface area contributed by atoms with Crippen LogP contribution >= 0.6 is 0 Å². The number of hydrogen-bond donors (Lipinski definition) is 0. The van der Waals surface area contributed by atoms with E-state index < -0.39 is 29.4 Å². The van der Waals surface area contributed by atoms with Crippen LogP contribution in [0.3, 0.4) is 0 Å². The third-order valence-corrected chi connectivity index (χ3v) is 7.09. The molecule has 4 nitrogen and oxygen atoms in total. The number of fused-ring (bicyclic) bond motifs is 1. The van der Waals surface area contributed by atoms with Crippen LogP contribution in [-0.4, -0.2) is 48.9 Å². The van der Waals surface area contributed by atoms with E-state index in [1.165, 1.54) is 11.0 Å². The predicted molar refractivity (Wildman–Crippen MR) is 134 cm³/mol. The molecule has 7 heteroatoms. The highest BCUT2D eigenvalue weighted by molar-refractivity contribution is 6.00. The fourth-order valence-corrected chi connectivity index (χ4v) is 5.00. The molecular formula is C29H26F3N3O. The number of nitrogens with zero attached hydrogens (tertiary/aromatic N) is 3. The Bertz CT molecular complexity index is 1340. The molecule has 1 fully saturated rings. The van der Waals surface area contributed by atoms with E-state index in [1.54, 1.807) is 6.07 Å². The molecule has 5 rings (SSSR count). The van der Waals surface area contributed by atoms with Crippen molar-refractivity contribution < 1.29 is 18.0 Å². The topological polar surface area (TPSA) is 26.8 Å². The molecule has 0 spiro atoms. The first-order valence-corrected chi connectivity index (χ1v) is 11.9. The van der Waals surface area contributed by atoms with Gasteiger partial charge in [-0.3, -0.25) is 4.79 Å². The van der Waals surface area contributed by atoms with Crippen LogP contribution in [0.1, 0.15) is 33.9 Å². The first kappa shape index (κ1) is 24.0. The largest absolute Gasteiger partial charge is 0.369 e. The number of halogens is 3. The van der Waals surface area contributed by atoms with Gasteiger partial charge in [0.15, 0.2) is 0 Å². The molecular weight excluding hydrogens is 463 g/mol. The van der Waals surface area contributed by atoms with Crippen LogP contribution in [0.5, 0.6) is 0 Å². The quantitative estimate of drug-likeness (QED) is 0.459. The standard InChI is InChI=1S/C29H26F3N3O/c1-3-4-28(24-17-21(30)7-10-26(24)31)35-18-25-23(29(35)36)15-20(16-27(25)32)19-5-8-22(9-6-19)34-13-11-33(2)12-14-34/h1,5-10,15-17,28H,4,11-14,18H2,2H3. The maximum absolute atomic E-state index is 15.2. The second kappa shape index (κ2) is 9.71. The summed E-state index contributed by atoms with van der Waals surface area (Å²) >= 11 is 0. The Hall–Kier alpha value is -3.76. The zero-order valence-electron chi connectivity index (χ0n) is 20.0. The van der Waals surface area contributed by atoms with Gasteiger partial charge in [-0.1, -0.05) is 12.1 Å². The van der Waals surface area contributed by atoms with Gasteiger partial charge in [0.2, 0.25) is 0 Å². The number of anilines is 1. The predicted octanol–water partition coefficient (Wildman–Crippen LogP) is 5.24. The van der Waals surface area contributed by atoms with Crippen LogP contribution in [0, 0.1) is 29.8 Å². The molecule has 0 aromatic heterocycles. The summed E-state index contributed by atoms with van der Waals surface area (Å²) < 4.78 is 43.6. The third-order valence-electron chi connectivity index (χ3n) is 7.09. The highest BCUT2D eigenvalue weighted by atomic mass is 19.1. The second-order valence-corrected chi connectivity index (χ2v) is 9.34. The van der Waals surface area contributed by atoms with Crippen LogP contribution in [0.15, 0.2) is 54.6 Å². The Kier molecular flexibility index (Phi) is 6.46. The molecule has 1 saturated heterocycles. The van der Waals surface area contributed by atoms with E-state index in [4.69, 9.17) is 6.42 Å². The van der Waals surface area contributed by atoms with Crippen molar-refractivity contribution >= 4 is 11.6 Å². The normalized spacial score (nSPS) is 16.7. The van der Waals surface area contributed by atoms with Crippen molar-refractivity contribution in [3.63, 3.8) is 0 Å². The van der Waals surface area contributed by atoms with Crippen LogP contribution in [0.2, 0.25) is 0 Å². The Morgan fingerprint density at radius 2 is 1.64 bits per heavy atom. The number of likely N-dealkylation sites (N-methyl/N-ethyl adjacent to an activating group) is 1. The number of carbonyl (C=O) groups excluding carboxylic acids is 1. The first-order valence-electron chi connectivity index (χ1n) is 11.9. The molecule has 0 saturated carbocycles. The number of carbonyl (C=O) groups is 1. The monoisotopic (exact) mass is 489 g/mol. The Labute approximate surface area is 208 Å². The summed E-state index contributed by atoms with van der Waals surface area (Å²) in [4.78, 5) is 19.3. The molecule has 0 N–H and O–H groups in total. The molecule has 1 atom stereocenters. The minimum atomic E-state index is -0.906. The lowest BCUT2D eigenvalue weighted by atomic mass is 9.99. The van der Waals surface area contributed by atoms with Gasteiger partial charge in [-0.2, -0.15) is 0 Å². The molecule has 1 unspecified atom stereocenters. The van der Waals surface area contributed by atoms with E-state index in [2.05, 4.69) is 22.8 Å². The van der Waals surface area contributed by atoms with E-state index in [0.717, 1.165) is 55.6 Å². The highest BCUT2D eigenvalue weighted by Gasteiger charge is 2.36. The molecule has 3 aromatic carbocycles. The minimum Gasteiger partial charge on any atom is -0.369 e. The van der Waals surface area contributed by atoms with Gasteiger partial charge in [-0.15, -0.1) is 12.3 Å². The van der Waals surface area contributed by atoms with Crippen LogP contribution in [0.4, 0.5) is 18.9 Å². The van der Waals surface area contributed by atoms with E-state index in [1.807, 2.05) is 24.3 Å². The average Bonchev–Trinajstić information content (AvgIpc) is 3.21. The minimum absolute atomic E-state index is 0.0192. The van der Waals surface area contributed by atoms with Crippen molar-refractivity contribution in [2.45, 2.75) is 19.0 Å². The van der Waals surface area contributed by atoms with Gasteiger partial charge in [0.1, 0.15) is 17.5 Å². The molecule has 3 aromatic rings. The Balaban J connectivity index is 1.43. The number of piperazine rings is 1. The van der Waals surface area contributed by atoms with Gasteiger partial charge in [-0.05, 0) is 60.6 Å². The molecule has 1 amide bonds. The highest BCUT2D eigenvalue weighted by Crippen LogP contribution is 2.38. The van der Waals surface area contributed by atoms with Crippen molar-refractivity contribution in [2.75, 3.05) is 38.1 Å². The maximum Gasteiger partial charge on any atom is 0.255 e. The SMILES string of the molecule is C#CCC(c1cc(F)ccc1F)N1Cc2c(F)cc(-c3ccc(N4CCN(C)CC4)cc3)cc2C1=O. The average molecular weight is 490 g/mol. The lowest BCUT2D eigenvalue weighted by molar-refractivity contribution is 0.0700. The van der Waals surface area contributed by atoms with E-state index in [0.29, 0.717) is 5.56 Å². The number of terminal acetylenes is 1. The molecule has 2 aliphatic rings. The summed E-state index contributed by atoms with van der Waals surface area (Å²) in [6.45, 7) is 3.81. The Morgan fingerprint density at radius 1 is 0.917 bits per heavy atom. The summed E-state index contributed by atoms with van der Waals surface area (Å²) in [7, 11) is 2.11. The summed E-state index contributed by atoms with van der Waals surface area (Å²) in [5.74, 6) is 0.174. The molecule has 0 bridgehead atoms.